The number of nitriles is 1. The van der Waals surface area contributed by atoms with E-state index in [2.05, 4.69) is 58.6 Å². The maximum Gasteiger partial charge on any atom is 0.137 e. The zero-order valence-electron chi connectivity index (χ0n) is 15.0. The van der Waals surface area contributed by atoms with E-state index in [0.717, 1.165) is 12.0 Å². The molecule has 132 valence electrons. The van der Waals surface area contributed by atoms with Crippen LogP contribution in [0.25, 0.3) is 10.8 Å². The lowest BCUT2D eigenvalue weighted by Gasteiger charge is -2.27. The highest BCUT2D eigenvalue weighted by atomic mass is 15.3. The summed E-state index contributed by atoms with van der Waals surface area (Å²) in [6.45, 7) is 0.484. The third kappa shape index (κ3) is 3.45. The minimum Gasteiger partial charge on any atom is -0.251 e. The molecule has 0 saturated carbocycles. The van der Waals surface area contributed by atoms with Crippen LogP contribution in [0, 0.1) is 11.3 Å². The van der Waals surface area contributed by atoms with Crippen LogP contribution in [0.3, 0.4) is 0 Å². The van der Waals surface area contributed by atoms with Crippen LogP contribution in [0.4, 0.5) is 0 Å². The minimum atomic E-state index is -0.661. The molecular weight excluding hydrogens is 332 g/mol. The molecule has 27 heavy (non-hydrogen) atoms. The molecule has 0 amide bonds. The van der Waals surface area contributed by atoms with Crippen molar-refractivity contribution < 1.29 is 0 Å². The van der Waals surface area contributed by atoms with Crippen molar-refractivity contribution in [2.45, 2.75) is 24.8 Å². The summed E-state index contributed by atoms with van der Waals surface area (Å²) in [5.74, 6) is 0. The van der Waals surface area contributed by atoms with Gasteiger partial charge in [0.05, 0.1) is 12.6 Å². The fraction of sp³-hybridized carbons (Fsp3) is 0.174. The molecule has 0 aliphatic carbocycles. The van der Waals surface area contributed by atoms with Crippen LogP contribution in [0.1, 0.15) is 17.5 Å². The van der Waals surface area contributed by atoms with Gasteiger partial charge in [0.25, 0.3) is 0 Å². The zero-order valence-corrected chi connectivity index (χ0v) is 15.0. The molecule has 0 bridgehead atoms. The van der Waals surface area contributed by atoms with Crippen LogP contribution < -0.4 is 0 Å². The first-order valence-corrected chi connectivity index (χ1v) is 9.07. The van der Waals surface area contributed by atoms with Crippen molar-refractivity contribution in [2.24, 2.45) is 0 Å². The minimum absolute atomic E-state index is 0.484. The lowest BCUT2D eigenvalue weighted by molar-refractivity contribution is 0.402. The van der Waals surface area contributed by atoms with Crippen molar-refractivity contribution in [3.8, 4) is 6.07 Å². The average Bonchev–Trinajstić information content (AvgIpc) is 3.25. The molecule has 3 aromatic carbocycles. The van der Waals surface area contributed by atoms with Crippen LogP contribution >= 0.6 is 0 Å². The fourth-order valence-electron chi connectivity index (χ4n) is 3.68. The van der Waals surface area contributed by atoms with E-state index in [0.29, 0.717) is 13.0 Å². The first-order chi connectivity index (χ1) is 13.3. The lowest BCUT2D eigenvalue weighted by atomic mass is 9.76. The van der Waals surface area contributed by atoms with Gasteiger partial charge in [-0.25, -0.2) is 4.98 Å². The Labute approximate surface area is 158 Å². The molecule has 0 fully saturated rings. The Morgan fingerprint density at radius 3 is 2.48 bits per heavy atom. The molecule has 0 radical (unpaired) electrons. The smallest absolute Gasteiger partial charge is 0.137 e. The van der Waals surface area contributed by atoms with Gasteiger partial charge in [0.2, 0.25) is 0 Å². The van der Waals surface area contributed by atoms with Gasteiger partial charge >= 0.3 is 0 Å². The van der Waals surface area contributed by atoms with Crippen molar-refractivity contribution >= 4 is 10.8 Å². The van der Waals surface area contributed by atoms with Crippen molar-refractivity contribution in [2.75, 3.05) is 0 Å². The van der Waals surface area contributed by atoms with E-state index in [9.17, 15) is 5.26 Å². The summed E-state index contributed by atoms with van der Waals surface area (Å²) < 4.78 is 1.75. The maximum absolute atomic E-state index is 10.2. The second kappa shape index (κ2) is 7.43. The van der Waals surface area contributed by atoms with Gasteiger partial charge in [0.1, 0.15) is 18.1 Å². The summed E-state index contributed by atoms with van der Waals surface area (Å²) in [5.41, 5.74) is 1.62. The quantitative estimate of drug-likeness (QED) is 0.512. The average molecular weight is 352 g/mol. The summed E-state index contributed by atoms with van der Waals surface area (Å²) in [6, 6.07) is 27.4. The van der Waals surface area contributed by atoms with Gasteiger partial charge in [-0.2, -0.15) is 10.4 Å². The highest BCUT2D eigenvalue weighted by molar-refractivity contribution is 5.85. The monoisotopic (exact) mass is 352 g/mol. The number of rotatable bonds is 6. The first-order valence-electron chi connectivity index (χ1n) is 9.07. The van der Waals surface area contributed by atoms with Crippen LogP contribution in [-0.4, -0.2) is 14.8 Å². The topological polar surface area (TPSA) is 54.5 Å². The molecule has 1 unspecified atom stereocenters. The van der Waals surface area contributed by atoms with Gasteiger partial charge in [-0.05, 0) is 34.7 Å². The largest absolute Gasteiger partial charge is 0.251 e. The van der Waals surface area contributed by atoms with E-state index >= 15 is 0 Å². The van der Waals surface area contributed by atoms with E-state index in [1.165, 1.54) is 22.7 Å². The Hall–Kier alpha value is -3.45. The zero-order chi connectivity index (χ0) is 18.5. The number of nitrogens with zero attached hydrogens (tertiary/aromatic N) is 4. The molecule has 4 nitrogen and oxygen atoms in total. The molecule has 1 aromatic heterocycles. The van der Waals surface area contributed by atoms with Crippen LogP contribution in [0.2, 0.25) is 0 Å². The Balaban J connectivity index is 1.70. The summed E-state index contributed by atoms with van der Waals surface area (Å²) in [4.78, 5) is 4.04. The number of aromatic nitrogens is 3. The first kappa shape index (κ1) is 17.0. The second-order valence-corrected chi connectivity index (χ2v) is 6.79. The number of aryl methyl sites for hydroxylation is 1. The van der Waals surface area contributed by atoms with Crippen molar-refractivity contribution in [3.63, 3.8) is 0 Å². The second-order valence-electron chi connectivity index (χ2n) is 6.79. The van der Waals surface area contributed by atoms with E-state index in [1.54, 1.807) is 11.0 Å². The van der Waals surface area contributed by atoms with E-state index in [-0.39, 0.29) is 0 Å². The lowest BCUT2D eigenvalue weighted by Crippen LogP contribution is -2.31. The molecule has 4 heteroatoms. The van der Waals surface area contributed by atoms with Gasteiger partial charge in [-0.3, -0.25) is 4.68 Å². The molecule has 0 spiro atoms. The highest BCUT2D eigenvalue weighted by Gasteiger charge is 2.33. The van der Waals surface area contributed by atoms with E-state index < -0.39 is 5.41 Å². The van der Waals surface area contributed by atoms with Crippen molar-refractivity contribution in [1.29, 1.82) is 5.26 Å². The van der Waals surface area contributed by atoms with Crippen LogP contribution in [0.15, 0.2) is 85.5 Å². The molecule has 0 saturated heterocycles. The molecule has 0 N–H and O–H groups in total. The van der Waals surface area contributed by atoms with Crippen molar-refractivity contribution in [3.05, 3.63) is 96.6 Å². The highest BCUT2D eigenvalue weighted by Crippen LogP contribution is 2.32. The van der Waals surface area contributed by atoms with E-state index in [1.807, 2.05) is 30.3 Å². The predicted octanol–water partition coefficient (Wildman–Crippen LogP) is 4.53. The Kier molecular flexibility index (Phi) is 4.67. The number of hydrogen-bond acceptors (Lipinski definition) is 3. The summed E-state index contributed by atoms with van der Waals surface area (Å²) in [6.07, 6.45) is 4.71. The van der Waals surface area contributed by atoms with Gasteiger partial charge in [-0.1, -0.05) is 72.8 Å². The SMILES string of the molecule is N#CC(CCc1cccc2ccccc12)(Cn1cncn1)c1ccccc1. The number of hydrogen-bond donors (Lipinski definition) is 0. The third-order valence-corrected chi connectivity index (χ3v) is 5.14. The summed E-state index contributed by atoms with van der Waals surface area (Å²) >= 11 is 0. The summed E-state index contributed by atoms with van der Waals surface area (Å²) in [5, 5.41) is 16.9. The molecule has 0 aliphatic heterocycles. The van der Waals surface area contributed by atoms with Crippen molar-refractivity contribution in [1.82, 2.24) is 14.8 Å². The number of fused-ring (bicyclic) bond motifs is 1. The van der Waals surface area contributed by atoms with Gasteiger partial charge in [-0.15, -0.1) is 0 Å². The fourth-order valence-corrected chi connectivity index (χ4v) is 3.68. The van der Waals surface area contributed by atoms with E-state index in [4.69, 9.17) is 0 Å². The molecule has 0 aliphatic rings. The van der Waals surface area contributed by atoms with Crippen LogP contribution in [0.5, 0.6) is 0 Å². The normalized spacial score (nSPS) is 13.1. The van der Waals surface area contributed by atoms with Gasteiger partial charge in [0.15, 0.2) is 0 Å². The predicted molar refractivity (Wildman–Crippen MR) is 106 cm³/mol. The molecule has 1 heterocycles. The Morgan fingerprint density at radius 1 is 0.926 bits per heavy atom. The maximum atomic E-state index is 10.2. The van der Waals surface area contributed by atoms with Crippen LogP contribution in [-0.2, 0) is 18.4 Å². The molecule has 4 aromatic rings. The van der Waals surface area contributed by atoms with Gasteiger partial charge in [0, 0.05) is 0 Å². The Morgan fingerprint density at radius 2 is 1.70 bits per heavy atom. The standard InChI is InChI=1S/C23H20N4/c24-15-23(16-27-18-25-17-26-27,21-10-2-1-3-11-21)14-13-20-9-6-8-19-7-4-5-12-22(19)20/h1-12,17-18H,13-14,16H2. The molecule has 4 rings (SSSR count). The third-order valence-electron chi connectivity index (χ3n) is 5.14. The molecular formula is C23H20N4. The number of benzene rings is 3. The molecule has 1 atom stereocenters. The van der Waals surface area contributed by atoms with Gasteiger partial charge < -0.3 is 0 Å². The summed E-state index contributed by atoms with van der Waals surface area (Å²) in [7, 11) is 0. The Bertz CT molecular complexity index is 1060.